The van der Waals surface area contributed by atoms with E-state index >= 15 is 0 Å². The summed E-state index contributed by atoms with van der Waals surface area (Å²) in [7, 11) is 0. The maximum absolute atomic E-state index is 12.1. The van der Waals surface area contributed by atoms with Crippen LogP contribution in [0.15, 0.2) is 17.5 Å². The Morgan fingerprint density at radius 2 is 2.29 bits per heavy atom. The van der Waals surface area contributed by atoms with Crippen LogP contribution in [-0.2, 0) is 9.59 Å². The van der Waals surface area contributed by atoms with Crippen LogP contribution in [0.3, 0.4) is 0 Å². The fourth-order valence-corrected chi connectivity index (χ4v) is 2.41. The molecule has 0 saturated heterocycles. The first kappa shape index (κ1) is 12.1. The van der Waals surface area contributed by atoms with Gasteiger partial charge < -0.3 is 15.7 Å². The van der Waals surface area contributed by atoms with E-state index in [1.807, 2.05) is 11.4 Å². The number of amides is 1. The predicted octanol–water partition coefficient (Wildman–Crippen LogP) is 0.824. The molecule has 1 aliphatic carbocycles. The van der Waals surface area contributed by atoms with Gasteiger partial charge in [-0.2, -0.15) is 0 Å². The second kappa shape index (κ2) is 4.85. The molecular formula is C11H14N2O3S. The van der Waals surface area contributed by atoms with Crippen LogP contribution in [0.2, 0.25) is 0 Å². The number of hydrogen-bond acceptors (Lipinski definition) is 4. The molecule has 0 aliphatic heterocycles. The number of carbonyl (C=O) groups is 2. The summed E-state index contributed by atoms with van der Waals surface area (Å²) in [5.41, 5.74) is 5.85. The van der Waals surface area contributed by atoms with E-state index in [1.165, 1.54) is 16.2 Å². The third-order valence-corrected chi connectivity index (χ3v) is 3.65. The van der Waals surface area contributed by atoms with Crippen LogP contribution in [0, 0.1) is 0 Å². The number of hydrogen-bond donors (Lipinski definition) is 2. The van der Waals surface area contributed by atoms with Crippen molar-refractivity contribution in [2.45, 2.75) is 24.9 Å². The van der Waals surface area contributed by atoms with Gasteiger partial charge >= 0.3 is 5.97 Å². The number of rotatable bonds is 5. The Bertz CT molecular complexity index is 414. The molecular weight excluding hydrogens is 240 g/mol. The number of nitrogens with zero attached hydrogens (tertiary/aromatic N) is 1. The van der Waals surface area contributed by atoms with E-state index in [0.717, 1.165) is 17.7 Å². The van der Waals surface area contributed by atoms with Gasteiger partial charge in [0.1, 0.15) is 12.6 Å². The standard InChI is InChI=1S/C11H14N2O3S/c12-10(8-2-1-5-17-8)11(16)13(6-9(14)15)7-3-4-7/h1-2,5,7,10H,3-4,6,12H2,(H,14,15). The van der Waals surface area contributed by atoms with E-state index in [2.05, 4.69) is 0 Å². The molecule has 17 heavy (non-hydrogen) atoms. The van der Waals surface area contributed by atoms with Crippen molar-refractivity contribution in [3.63, 3.8) is 0 Å². The third-order valence-electron chi connectivity index (χ3n) is 2.69. The van der Waals surface area contributed by atoms with Crippen LogP contribution in [0.5, 0.6) is 0 Å². The minimum atomic E-state index is -0.997. The van der Waals surface area contributed by atoms with Crippen molar-refractivity contribution < 1.29 is 14.7 Å². The highest BCUT2D eigenvalue weighted by molar-refractivity contribution is 7.10. The third kappa shape index (κ3) is 2.83. The SMILES string of the molecule is NC(C(=O)N(CC(=O)O)C1CC1)c1cccs1. The smallest absolute Gasteiger partial charge is 0.323 e. The first-order valence-electron chi connectivity index (χ1n) is 5.41. The Labute approximate surface area is 103 Å². The zero-order valence-electron chi connectivity index (χ0n) is 9.20. The molecule has 5 nitrogen and oxygen atoms in total. The Balaban J connectivity index is 2.08. The van der Waals surface area contributed by atoms with E-state index in [4.69, 9.17) is 10.8 Å². The molecule has 1 amide bonds. The predicted molar refractivity (Wildman–Crippen MR) is 63.6 cm³/mol. The topological polar surface area (TPSA) is 83.6 Å². The van der Waals surface area contributed by atoms with Crippen molar-refractivity contribution in [3.8, 4) is 0 Å². The van der Waals surface area contributed by atoms with Gasteiger partial charge in [-0.15, -0.1) is 11.3 Å². The van der Waals surface area contributed by atoms with Gasteiger partial charge in [-0.1, -0.05) is 6.07 Å². The van der Waals surface area contributed by atoms with Gasteiger partial charge in [0.2, 0.25) is 5.91 Å². The molecule has 0 spiro atoms. The summed E-state index contributed by atoms with van der Waals surface area (Å²) in [6.07, 6.45) is 1.74. The molecule has 1 unspecified atom stereocenters. The molecule has 1 aliphatic rings. The van der Waals surface area contributed by atoms with E-state index in [1.54, 1.807) is 6.07 Å². The highest BCUT2D eigenvalue weighted by Crippen LogP contribution is 2.29. The summed E-state index contributed by atoms with van der Waals surface area (Å²) >= 11 is 1.41. The van der Waals surface area contributed by atoms with E-state index in [9.17, 15) is 9.59 Å². The fourth-order valence-electron chi connectivity index (χ4n) is 1.69. The lowest BCUT2D eigenvalue weighted by molar-refractivity contribution is -0.145. The number of nitrogens with two attached hydrogens (primary N) is 1. The second-order valence-electron chi connectivity index (χ2n) is 4.08. The number of carboxylic acids is 1. The largest absolute Gasteiger partial charge is 0.480 e. The Morgan fingerprint density at radius 1 is 1.59 bits per heavy atom. The lowest BCUT2D eigenvalue weighted by Crippen LogP contribution is -2.42. The Morgan fingerprint density at radius 3 is 2.76 bits per heavy atom. The fraction of sp³-hybridized carbons (Fsp3) is 0.455. The van der Waals surface area contributed by atoms with Crippen molar-refractivity contribution in [1.82, 2.24) is 4.90 Å². The summed E-state index contributed by atoms with van der Waals surface area (Å²) in [6.45, 7) is -0.261. The van der Waals surface area contributed by atoms with Gasteiger partial charge in [-0.05, 0) is 24.3 Å². The normalized spacial score (nSPS) is 16.5. The summed E-state index contributed by atoms with van der Waals surface area (Å²) in [4.78, 5) is 25.0. The highest BCUT2D eigenvalue weighted by Gasteiger charge is 2.36. The first-order valence-corrected chi connectivity index (χ1v) is 6.29. The zero-order valence-corrected chi connectivity index (χ0v) is 10.0. The van der Waals surface area contributed by atoms with Crippen LogP contribution in [0.4, 0.5) is 0 Å². The number of aliphatic carboxylic acids is 1. The molecule has 1 fully saturated rings. The molecule has 92 valence electrons. The van der Waals surface area contributed by atoms with Crippen molar-refractivity contribution in [2.75, 3.05) is 6.54 Å². The van der Waals surface area contributed by atoms with Gasteiger partial charge in [-0.25, -0.2) is 0 Å². The van der Waals surface area contributed by atoms with Crippen LogP contribution in [-0.4, -0.2) is 34.5 Å². The zero-order chi connectivity index (χ0) is 12.4. The van der Waals surface area contributed by atoms with Gasteiger partial charge in [0.05, 0.1) is 0 Å². The first-order chi connectivity index (χ1) is 8.09. The molecule has 0 aromatic carbocycles. The monoisotopic (exact) mass is 254 g/mol. The highest BCUT2D eigenvalue weighted by atomic mass is 32.1. The van der Waals surface area contributed by atoms with Crippen LogP contribution < -0.4 is 5.73 Å². The van der Waals surface area contributed by atoms with E-state index in [0.29, 0.717) is 0 Å². The van der Waals surface area contributed by atoms with Crippen molar-refractivity contribution in [2.24, 2.45) is 5.73 Å². The van der Waals surface area contributed by atoms with Crippen LogP contribution in [0.1, 0.15) is 23.8 Å². The molecule has 1 aromatic heterocycles. The van der Waals surface area contributed by atoms with E-state index < -0.39 is 12.0 Å². The lowest BCUT2D eigenvalue weighted by Gasteiger charge is -2.23. The molecule has 3 N–H and O–H groups in total. The number of carboxylic acid groups (broad SMARTS) is 1. The average molecular weight is 254 g/mol. The van der Waals surface area contributed by atoms with Crippen molar-refractivity contribution in [3.05, 3.63) is 22.4 Å². The summed E-state index contributed by atoms with van der Waals surface area (Å²) in [5, 5.41) is 10.6. The summed E-state index contributed by atoms with van der Waals surface area (Å²) < 4.78 is 0. The maximum Gasteiger partial charge on any atom is 0.323 e. The number of thiophene rings is 1. The summed E-state index contributed by atoms with van der Waals surface area (Å²) in [5.74, 6) is -1.29. The average Bonchev–Trinajstić information content (AvgIpc) is 2.98. The minimum Gasteiger partial charge on any atom is -0.480 e. The second-order valence-corrected chi connectivity index (χ2v) is 5.06. The van der Waals surface area contributed by atoms with E-state index in [-0.39, 0.29) is 18.5 Å². The lowest BCUT2D eigenvalue weighted by atomic mass is 10.2. The van der Waals surface area contributed by atoms with Gasteiger partial charge in [-0.3, -0.25) is 9.59 Å². The molecule has 1 aromatic rings. The molecule has 6 heteroatoms. The van der Waals surface area contributed by atoms with Crippen molar-refractivity contribution >= 4 is 23.2 Å². The van der Waals surface area contributed by atoms with Gasteiger partial charge in [0, 0.05) is 10.9 Å². The Hall–Kier alpha value is -1.40. The quantitative estimate of drug-likeness (QED) is 0.815. The molecule has 0 radical (unpaired) electrons. The molecule has 1 heterocycles. The maximum atomic E-state index is 12.1. The van der Waals surface area contributed by atoms with Gasteiger partial charge in [0.25, 0.3) is 0 Å². The minimum absolute atomic E-state index is 0.0598. The van der Waals surface area contributed by atoms with Crippen molar-refractivity contribution in [1.29, 1.82) is 0 Å². The summed E-state index contributed by atoms with van der Waals surface area (Å²) in [6, 6.07) is 2.93. The molecule has 1 saturated carbocycles. The van der Waals surface area contributed by atoms with Crippen LogP contribution >= 0.6 is 11.3 Å². The number of carbonyl (C=O) groups excluding carboxylic acids is 1. The molecule has 0 bridgehead atoms. The van der Waals surface area contributed by atoms with Gasteiger partial charge in [0.15, 0.2) is 0 Å². The van der Waals surface area contributed by atoms with Crippen LogP contribution in [0.25, 0.3) is 0 Å². The molecule has 2 rings (SSSR count). The Kier molecular flexibility index (Phi) is 3.44. The molecule has 1 atom stereocenters.